The number of carbonyl (C=O) groups excluding carboxylic acids is 2. The van der Waals surface area contributed by atoms with Gasteiger partial charge in [-0.15, -0.1) is 11.3 Å². The molecule has 0 spiro atoms. The summed E-state index contributed by atoms with van der Waals surface area (Å²) in [6, 6.07) is 0. The maximum Gasteiger partial charge on any atom is 0.341 e. The maximum atomic E-state index is 12.6. The molecule has 1 aliphatic heterocycles. The van der Waals surface area contributed by atoms with Gasteiger partial charge in [0, 0.05) is 12.0 Å². The van der Waals surface area contributed by atoms with Crippen molar-refractivity contribution in [1.82, 2.24) is 0 Å². The number of hydrogen-bond donors (Lipinski definition) is 1. The third kappa shape index (κ3) is 4.31. The number of rotatable bonds is 4. The zero-order chi connectivity index (χ0) is 17.2. The predicted octanol–water partition coefficient (Wildman–Crippen LogP) is 2.75. The Labute approximate surface area is 140 Å². The van der Waals surface area contributed by atoms with Gasteiger partial charge in [0.25, 0.3) is 5.91 Å². The SMILES string of the molecule is COC(C)C(=O)Nc1sc2c(c1C(=O)OC(C)(C)C)CCOC2. The van der Waals surface area contributed by atoms with Crippen LogP contribution in [0.4, 0.5) is 5.00 Å². The highest BCUT2D eigenvalue weighted by Crippen LogP contribution is 2.37. The van der Waals surface area contributed by atoms with E-state index in [0.717, 1.165) is 10.4 Å². The molecule has 1 amide bonds. The van der Waals surface area contributed by atoms with Gasteiger partial charge >= 0.3 is 5.97 Å². The largest absolute Gasteiger partial charge is 0.456 e. The molecule has 128 valence electrons. The summed E-state index contributed by atoms with van der Waals surface area (Å²) in [5.41, 5.74) is 0.758. The summed E-state index contributed by atoms with van der Waals surface area (Å²) in [6.07, 6.45) is 0.0349. The van der Waals surface area contributed by atoms with Crippen molar-refractivity contribution in [2.45, 2.75) is 52.4 Å². The van der Waals surface area contributed by atoms with E-state index < -0.39 is 17.7 Å². The van der Waals surface area contributed by atoms with E-state index in [0.29, 0.717) is 30.2 Å². The highest BCUT2D eigenvalue weighted by atomic mass is 32.1. The predicted molar refractivity (Wildman–Crippen MR) is 87.9 cm³/mol. The summed E-state index contributed by atoms with van der Waals surface area (Å²) in [5.74, 6) is -0.714. The fourth-order valence-electron chi connectivity index (χ4n) is 2.19. The number of carbonyl (C=O) groups is 2. The number of methoxy groups -OCH3 is 1. The molecule has 2 heterocycles. The second kappa shape index (κ2) is 6.98. The summed E-state index contributed by atoms with van der Waals surface area (Å²) in [7, 11) is 1.46. The Hall–Kier alpha value is -1.44. The van der Waals surface area contributed by atoms with Gasteiger partial charge in [-0.05, 0) is 39.7 Å². The Morgan fingerprint density at radius 2 is 2.04 bits per heavy atom. The van der Waals surface area contributed by atoms with Gasteiger partial charge in [-0.3, -0.25) is 4.79 Å². The van der Waals surface area contributed by atoms with Crippen LogP contribution in [0.5, 0.6) is 0 Å². The van der Waals surface area contributed by atoms with E-state index in [-0.39, 0.29) is 5.91 Å². The van der Waals surface area contributed by atoms with Crippen LogP contribution >= 0.6 is 11.3 Å². The number of thiophene rings is 1. The second-order valence-corrected chi connectivity index (χ2v) is 7.48. The lowest BCUT2D eigenvalue weighted by Gasteiger charge is -2.21. The highest BCUT2D eigenvalue weighted by molar-refractivity contribution is 7.17. The quantitative estimate of drug-likeness (QED) is 0.853. The molecule has 7 heteroatoms. The van der Waals surface area contributed by atoms with Gasteiger partial charge < -0.3 is 19.5 Å². The van der Waals surface area contributed by atoms with Crippen LogP contribution in [0.3, 0.4) is 0 Å². The number of hydrogen-bond acceptors (Lipinski definition) is 6. The summed E-state index contributed by atoms with van der Waals surface area (Å²) in [4.78, 5) is 25.7. The summed E-state index contributed by atoms with van der Waals surface area (Å²) >= 11 is 1.36. The first-order valence-corrected chi connectivity index (χ1v) is 8.34. The molecule has 0 aliphatic carbocycles. The zero-order valence-electron chi connectivity index (χ0n) is 14.1. The molecule has 1 aromatic rings. The lowest BCUT2D eigenvalue weighted by Crippen LogP contribution is -2.28. The van der Waals surface area contributed by atoms with E-state index in [9.17, 15) is 9.59 Å². The molecule has 0 radical (unpaired) electrons. The van der Waals surface area contributed by atoms with Gasteiger partial charge in [0.15, 0.2) is 0 Å². The molecular formula is C16H23NO5S. The number of ether oxygens (including phenoxy) is 3. The van der Waals surface area contributed by atoms with E-state index in [1.807, 2.05) is 20.8 Å². The molecule has 0 saturated heterocycles. The molecule has 0 aromatic carbocycles. The number of esters is 1. The summed E-state index contributed by atoms with van der Waals surface area (Å²) < 4.78 is 16.0. The van der Waals surface area contributed by atoms with Gasteiger partial charge in [0.2, 0.25) is 0 Å². The standard InChI is InChI=1S/C16H23NO5S/c1-9(20-5)13(18)17-14-12(15(19)22-16(2,3)4)10-6-7-21-8-11(10)23-14/h9H,6-8H2,1-5H3,(H,17,18). The van der Waals surface area contributed by atoms with Crippen molar-refractivity contribution < 1.29 is 23.8 Å². The molecule has 23 heavy (non-hydrogen) atoms. The van der Waals surface area contributed by atoms with Crippen LogP contribution in [-0.4, -0.2) is 37.3 Å². The second-order valence-electron chi connectivity index (χ2n) is 6.38. The fourth-order valence-corrected chi connectivity index (χ4v) is 3.36. The number of amides is 1. The molecule has 1 N–H and O–H groups in total. The lowest BCUT2D eigenvalue weighted by atomic mass is 10.1. The number of fused-ring (bicyclic) bond motifs is 1. The van der Waals surface area contributed by atoms with E-state index >= 15 is 0 Å². The summed E-state index contributed by atoms with van der Waals surface area (Å²) in [5, 5.41) is 3.29. The topological polar surface area (TPSA) is 73.9 Å². The Balaban J connectivity index is 2.35. The Morgan fingerprint density at radius 1 is 1.35 bits per heavy atom. The van der Waals surface area contributed by atoms with E-state index in [1.54, 1.807) is 6.92 Å². The van der Waals surface area contributed by atoms with E-state index in [2.05, 4.69) is 5.32 Å². The van der Waals surface area contributed by atoms with Crippen molar-refractivity contribution in [3.63, 3.8) is 0 Å². The van der Waals surface area contributed by atoms with Crippen molar-refractivity contribution in [2.75, 3.05) is 19.0 Å². The Bertz CT molecular complexity index is 602. The molecule has 6 nitrogen and oxygen atoms in total. The molecule has 1 aromatic heterocycles. The lowest BCUT2D eigenvalue weighted by molar-refractivity contribution is -0.124. The van der Waals surface area contributed by atoms with Gasteiger partial charge in [0.05, 0.1) is 18.8 Å². The molecule has 1 unspecified atom stereocenters. The van der Waals surface area contributed by atoms with Gasteiger partial charge in [-0.2, -0.15) is 0 Å². The third-order valence-corrected chi connectivity index (χ3v) is 4.50. The van der Waals surface area contributed by atoms with Crippen LogP contribution in [0.2, 0.25) is 0 Å². The molecule has 0 fully saturated rings. The molecule has 1 atom stereocenters. The first-order valence-electron chi connectivity index (χ1n) is 7.52. The molecular weight excluding hydrogens is 318 g/mol. The minimum Gasteiger partial charge on any atom is -0.456 e. The molecule has 1 aliphatic rings. The van der Waals surface area contributed by atoms with Gasteiger partial charge in [-0.25, -0.2) is 4.79 Å². The van der Waals surface area contributed by atoms with Crippen LogP contribution in [0, 0.1) is 0 Å². The van der Waals surface area contributed by atoms with Crippen LogP contribution < -0.4 is 5.32 Å². The molecule has 2 rings (SSSR count). The van der Waals surface area contributed by atoms with Gasteiger partial charge in [0.1, 0.15) is 16.7 Å². The highest BCUT2D eigenvalue weighted by Gasteiger charge is 2.30. The first-order chi connectivity index (χ1) is 10.7. The Morgan fingerprint density at radius 3 is 2.65 bits per heavy atom. The summed E-state index contributed by atoms with van der Waals surface area (Å²) in [6.45, 7) is 8.11. The number of nitrogens with one attached hydrogen (secondary N) is 1. The average Bonchev–Trinajstić information content (AvgIpc) is 2.82. The van der Waals surface area contributed by atoms with E-state index in [4.69, 9.17) is 14.2 Å². The van der Waals surface area contributed by atoms with Crippen molar-refractivity contribution >= 4 is 28.2 Å². The van der Waals surface area contributed by atoms with Crippen LogP contribution in [0.15, 0.2) is 0 Å². The maximum absolute atomic E-state index is 12.6. The van der Waals surface area contributed by atoms with Crippen LogP contribution in [0.1, 0.15) is 48.5 Å². The first kappa shape index (κ1) is 17.9. The monoisotopic (exact) mass is 341 g/mol. The smallest absolute Gasteiger partial charge is 0.341 e. The minimum atomic E-state index is -0.600. The third-order valence-electron chi connectivity index (χ3n) is 3.38. The number of anilines is 1. The fraction of sp³-hybridized carbons (Fsp3) is 0.625. The molecule has 0 bridgehead atoms. The van der Waals surface area contributed by atoms with E-state index in [1.165, 1.54) is 18.4 Å². The van der Waals surface area contributed by atoms with Crippen molar-refractivity contribution in [1.29, 1.82) is 0 Å². The normalized spacial score (nSPS) is 15.7. The van der Waals surface area contributed by atoms with Crippen molar-refractivity contribution in [3.8, 4) is 0 Å². The van der Waals surface area contributed by atoms with Crippen molar-refractivity contribution in [2.24, 2.45) is 0 Å². The van der Waals surface area contributed by atoms with Crippen LogP contribution in [0.25, 0.3) is 0 Å². The molecule has 0 saturated carbocycles. The van der Waals surface area contributed by atoms with Crippen molar-refractivity contribution in [3.05, 3.63) is 16.0 Å². The Kier molecular flexibility index (Phi) is 5.44. The van der Waals surface area contributed by atoms with Gasteiger partial charge in [-0.1, -0.05) is 0 Å². The minimum absolute atomic E-state index is 0.295. The van der Waals surface area contributed by atoms with Crippen LogP contribution in [-0.2, 0) is 32.0 Å². The zero-order valence-corrected chi connectivity index (χ0v) is 15.0. The average molecular weight is 341 g/mol.